The van der Waals surface area contributed by atoms with E-state index in [9.17, 15) is 4.79 Å². The van der Waals surface area contributed by atoms with Crippen LogP contribution in [0.5, 0.6) is 0 Å². The van der Waals surface area contributed by atoms with Crippen LogP contribution in [-0.4, -0.2) is 30.1 Å². The van der Waals surface area contributed by atoms with Crippen molar-refractivity contribution >= 4 is 27.9 Å². The fourth-order valence-corrected chi connectivity index (χ4v) is 3.69. The van der Waals surface area contributed by atoms with E-state index in [0.29, 0.717) is 6.04 Å². The van der Waals surface area contributed by atoms with Crippen LogP contribution in [0.25, 0.3) is 22.1 Å². The van der Waals surface area contributed by atoms with Crippen molar-refractivity contribution in [2.45, 2.75) is 24.9 Å². The summed E-state index contributed by atoms with van der Waals surface area (Å²) < 4.78 is 3.50. The molecule has 0 radical (unpaired) electrons. The predicted molar refractivity (Wildman–Crippen MR) is 100 cm³/mol. The van der Waals surface area contributed by atoms with Crippen LogP contribution >= 0.6 is 0 Å². The number of imidazole rings is 1. The normalized spacial score (nSPS) is 19.6. The molecule has 1 saturated carbocycles. The highest BCUT2D eigenvalue weighted by Gasteiger charge is 2.33. The van der Waals surface area contributed by atoms with E-state index in [0.717, 1.165) is 40.7 Å². The minimum atomic E-state index is -0.00141. The van der Waals surface area contributed by atoms with Gasteiger partial charge in [0.2, 0.25) is 0 Å². The molecule has 26 heavy (non-hydrogen) atoms. The number of hydrogen-bond donors (Lipinski definition) is 1. The van der Waals surface area contributed by atoms with Crippen LogP contribution in [0, 0.1) is 0 Å². The van der Waals surface area contributed by atoms with Crippen LogP contribution in [0.4, 0.5) is 5.82 Å². The zero-order valence-corrected chi connectivity index (χ0v) is 14.3. The summed E-state index contributed by atoms with van der Waals surface area (Å²) in [6.07, 6.45) is 7.06. The maximum atomic E-state index is 12.6. The van der Waals surface area contributed by atoms with E-state index in [1.54, 1.807) is 24.0 Å². The number of rotatable bonds is 3. The van der Waals surface area contributed by atoms with Crippen molar-refractivity contribution < 1.29 is 0 Å². The molecule has 1 aliphatic carbocycles. The molecule has 5 rings (SSSR count). The lowest BCUT2D eigenvalue weighted by Gasteiger charge is -2.36. The quantitative estimate of drug-likeness (QED) is 0.617. The van der Waals surface area contributed by atoms with Gasteiger partial charge in [0.25, 0.3) is 0 Å². The van der Waals surface area contributed by atoms with Gasteiger partial charge in [-0.1, -0.05) is 0 Å². The molecule has 130 valence electrons. The Labute approximate surface area is 149 Å². The van der Waals surface area contributed by atoms with Crippen LogP contribution in [0.15, 0.2) is 53.7 Å². The topological polar surface area (TPSA) is 77.6 Å². The van der Waals surface area contributed by atoms with Gasteiger partial charge in [0.05, 0.1) is 11.0 Å². The first-order valence-corrected chi connectivity index (χ1v) is 8.70. The Morgan fingerprint density at radius 1 is 1.15 bits per heavy atom. The first kappa shape index (κ1) is 15.1. The average molecular weight is 346 g/mol. The second-order valence-electron chi connectivity index (χ2n) is 6.79. The van der Waals surface area contributed by atoms with Gasteiger partial charge in [-0.05, 0) is 43.2 Å². The zero-order valence-electron chi connectivity index (χ0n) is 14.3. The van der Waals surface area contributed by atoms with E-state index in [2.05, 4.69) is 20.3 Å². The third kappa shape index (κ3) is 2.28. The number of nitrogens with zero attached hydrogens (tertiary/aromatic N) is 5. The van der Waals surface area contributed by atoms with Crippen molar-refractivity contribution in [3.8, 4) is 0 Å². The Morgan fingerprint density at radius 2 is 2.04 bits per heavy atom. The van der Waals surface area contributed by atoms with Crippen LogP contribution in [0.2, 0.25) is 0 Å². The summed E-state index contributed by atoms with van der Waals surface area (Å²) in [5.41, 5.74) is 2.56. The maximum Gasteiger partial charge on any atom is 0.330 e. The Morgan fingerprint density at radius 3 is 2.92 bits per heavy atom. The van der Waals surface area contributed by atoms with Gasteiger partial charge in [0, 0.05) is 43.1 Å². The highest BCUT2D eigenvalue weighted by molar-refractivity contribution is 5.79. The Kier molecular flexibility index (Phi) is 3.28. The van der Waals surface area contributed by atoms with Crippen LogP contribution in [0.3, 0.4) is 0 Å². The van der Waals surface area contributed by atoms with Gasteiger partial charge in [-0.2, -0.15) is 0 Å². The summed E-state index contributed by atoms with van der Waals surface area (Å²) in [7, 11) is 1.80. The number of pyridine rings is 3. The number of anilines is 1. The number of fused-ring (bicyclic) bond motifs is 2. The van der Waals surface area contributed by atoms with E-state index in [4.69, 9.17) is 0 Å². The van der Waals surface area contributed by atoms with Crippen molar-refractivity contribution in [1.29, 1.82) is 0 Å². The molecule has 1 N–H and O–H groups in total. The van der Waals surface area contributed by atoms with E-state index in [1.807, 2.05) is 41.1 Å². The molecule has 0 aromatic carbocycles. The van der Waals surface area contributed by atoms with Gasteiger partial charge in [0.1, 0.15) is 5.82 Å². The second kappa shape index (κ2) is 5.66. The first-order chi connectivity index (χ1) is 12.7. The molecule has 0 atom stereocenters. The van der Waals surface area contributed by atoms with Crippen molar-refractivity contribution in [2.75, 3.05) is 5.32 Å². The Hall–Kier alpha value is -3.22. The van der Waals surface area contributed by atoms with Crippen LogP contribution in [-0.2, 0) is 7.05 Å². The molecular weight excluding hydrogens is 328 g/mol. The highest BCUT2D eigenvalue weighted by Crippen LogP contribution is 2.35. The lowest BCUT2D eigenvalue weighted by molar-refractivity contribution is 0.280. The number of hydrogen-bond acceptors (Lipinski definition) is 5. The summed E-state index contributed by atoms with van der Waals surface area (Å²) in [4.78, 5) is 25.7. The van der Waals surface area contributed by atoms with Gasteiger partial charge < -0.3 is 5.32 Å². The predicted octanol–water partition coefficient (Wildman–Crippen LogP) is 2.49. The third-order valence-corrected chi connectivity index (χ3v) is 5.17. The van der Waals surface area contributed by atoms with Gasteiger partial charge in [-0.25, -0.2) is 14.8 Å². The molecule has 0 unspecified atom stereocenters. The van der Waals surface area contributed by atoms with Gasteiger partial charge in [-0.3, -0.25) is 14.1 Å². The highest BCUT2D eigenvalue weighted by atomic mass is 16.1. The monoisotopic (exact) mass is 346 g/mol. The molecule has 0 bridgehead atoms. The van der Waals surface area contributed by atoms with Gasteiger partial charge in [-0.15, -0.1) is 0 Å². The summed E-state index contributed by atoms with van der Waals surface area (Å²) >= 11 is 0. The van der Waals surface area contributed by atoms with Crippen molar-refractivity contribution in [3.63, 3.8) is 0 Å². The molecule has 4 aromatic rings. The van der Waals surface area contributed by atoms with E-state index >= 15 is 0 Å². The fraction of sp³-hybridized carbons (Fsp3) is 0.263. The minimum Gasteiger partial charge on any atom is -0.367 e. The summed E-state index contributed by atoms with van der Waals surface area (Å²) in [6, 6.07) is 10.2. The molecule has 1 aliphatic rings. The van der Waals surface area contributed by atoms with E-state index in [1.165, 1.54) is 0 Å². The zero-order chi connectivity index (χ0) is 17.7. The average Bonchev–Trinajstić information content (AvgIpc) is 2.89. The molecule has 0 saturated heterocycles. The molecule has 0 aliphatic heterocycles. The van der Waals surface area contributed by atoms with Crippen molar-refractivity contribution in [3.05, 3.63) is 59.4 Å². The second-order valence-corrected chi connectivity index (χ2v) is 6.79. The molecule has 7 heteroatoms. The van der Waals surface area contributed by atoms with Crippen LogP contribution < -0.4 is 11.0 Å². The number of aromatic nitrogens is 5. The number of nitrogens with one attached hydrogen (secondary N) is 1. The van der Waals surface area contributed by atoms with E-state index < -0.39 is 0 Å². The standard InChI is InChI=1S/C19H18N6O/c1-24-16-3-2-7-21-18(16)25(19(24)26)14-9-13(10-14)22-17-5-4-12-11-20-8-6-15(12)23-17/h2-8,11,13-14H,9-10H2,1H3,(H,22,23). The molecule has 1 fully saturated rings. The molecule has 7 nitrogen and oxygen atoms in total. The minimum absolute atomic E-state index is 0.00141. The summed E-state index contributed by atoms with van der Waals surface area (Å²) in [5.74, 6) is 0.857. The van der Waals surface area contributed by atoms with Gasteiger partial charge >= 0.3 is 5.69 Å². The molecule has 0 amide bonds. The number of aryl methyl sites for hydroxylation is 1. The summed E-state index contributed by atoms with van der Waals surface area (Å²) in [5, 5.41) is 4.50. The molecular formula is C19H18N6O. The lowest BCUT2D eigenvalue weighted by atomic mass is 9.86. The fourth-order valence-electron chi connectivity index (χ4n) is 3.69. The van der Waals surface area contributed by atoms with Crippen LogP contribution in [0.1, 0.15) is 18.9 Å². The Balaban J connectivity index is 1.36. The lowest BCUT2D eigenvalue weighted by Crippen LogP contribution is -2.41. The first-order valence-electron chi connectivity index (χ1n) is 8.70. The van der Waals surface area contributed by atoms with E-state index in [-0.39, 0.29) is 11.7 Å². The largest absolute Gasteiger partial charge is 0.367 e. The smallest absolute Gasteiger partial charge is 0.330 e. The third-order valence-electron chi connectivity index (χ3n) is 5.17. The molecule has 4 aromatic heterocycles. The van der Waals surface area contributed by atoms with Crippen molar-refractivity contribution in [1.82, 2.24) is 24.1 Å². The van der Waals surface area contributed by atoms with Gasteiger partial charge in [0.15, 0.2) is 5.65 Å². The Bertz CT molecular complexity index is 1170. The maximum absolute atomic E-state index is 12.6. The summed E-state index contributed by atoms with van der Waals surface area (Å²) in [6.45, 7) is 0. The molecule has 4 heterocycles. The van der Waals surface area contributed by atoms with Crippen molar-refractivity contribution in [2.24, 2.45) is 7.05 Å². The molecule has 0 spiro atoms. The SMILES string of the molecule is Cn1c(=O)n(C2CC(Nc3ccc4cnccc4n3)C2)c2ncccc21.